The van der Waals surface area contributed by atoms with Crippen LogP contribution >= 0.6 is 0 Å². The summed E-state index contributed by atoms with van der Waals surface area (Å²) in [5.74, 6) is -0.144. The molecule has 2 nitrogen and oxygen atoms in total. The van der Waals surface area contributed by atoms with Gasteiger partial charge in [-0.3, -0.25) is 0 Å². The first-order chi connectivity index (χ1) is 4.24. The van der Waals surface area contributed by atoms with Crippen molar-refractivity contribution < 1.29 is 9.50 Å². The molecule has 1 fully saturated rings. The van der Waals surface area contributed by atoms with Crippen LogP contribution in [-0.4, -0.2) is 42.9 Å². The average Bonchev–Trinajstić information content (AvgIpc) is 2.10. The van der Waals surface area contributed by atoms with Crippen LogP contribution < -0.4 is 0 Å². The molecule has 0 aromatic heterocycles. The van der Waals surface area contributed by atoms with Crippen molar-refractivity contribution in [3.63, 3.8) is 0 Å². The number of rotatable bonds is 1. The Kier molecular flexibility index (Phi) is 2.03. The van der Waals surface area contributed by atoms with Crippen LogP contribution in [0, 0.1) is 5.92 Å². The highest BCUT2D eigenvalue weighted by molar-refractivity contribution is 4.81. The van der Waals surface area contributed by atoms with E-state index in [1.807, 2.05) is 11.9 Å². The SMILES string of the molecule is CN1C[C@H](CO)[C@H](F)C1. The van der Waals surface area contributed by atoms with E-state index in [0.717, 1.165) is 0 Å². The van der Waals surface area contributed by atoms with Gasteiger partial charge in [0.1, 0.15) is 6.17 Å². The van der Waals surface area contributed by atoms with Crippen molar-refractivity contribution >= 4 is 0 Å². The molecule has 0 radical (unpaired) electrons. The predicted octanol–water partition coefficient (Wildman–Crippen LogP) is -0.122. The summed E-state index contributed by atoms with van der Waals surface area (Å²) >= 11 is 0. The van der Waals surface area contributed by atoms with Crippen LogP contribution in [0.3, 0.4) is 0 Å². The summed E-state index contributed by atoms with van der Waals surface area (Å²) in [6.45, 7) is 1.15. The van der Waals surface area contributed by atoms with E-state index < -0.39 is 6.17 Å². The highest BCUT2D eigenvalue weighted by atomic mass is 19.1. The Hall–Kier alpha value is -0.150. The molecule has 1 aliphatic heterocycles. The van der Waals surface area contributed by atoms with Crippen LogP contribution in [0.2, 0.25) is 0 Å². The highest BCUT2D eigenvalue weighted by Gasteiger charge is 2.29. The normalized spacial score (nSPS) is 37.7. The molecule has 0 aromatic rings. The van der Waals surface area contributed by atoms with E-state index in [2.05, 4.69) is 0 Å². The van der Waals surface area contributed by atoms with Gasteiger partial charge in [-0.2, -0.15) is 0 Å². The van der Waals surface area contributed by atoms with Gasteiger partial charge in [0.2, 0.25) is 0 Å². The molecule has 0 aromatic carbocycles. The molecule has 1 N–H and O–H groups in total. The van der Waals surface area contributed by atoms with Gasteiger partial charge in [0.05, 0.1) is 0 Å². The predicted molar refractivity (Wildman–Crippen MR) is 33.0 cm³/mol. The maximum atomic E-state index is 12.6. The molecule has 54 valence electrons. The van der Waals surface area contributed by atoms with Crippen molar-refractivity contribution in [2.24, 2.45) is 5.92 Å². The second kappa shape index (κ2) is 2.62. The van der Waals surface area contributed by atoms with Crippen LogP contribution in [0.1, 0.15) is 0 Å². The maximum absolute atomic E-state index is 12.6. The third-order valence-corrected chi connectivity index (χ3v) is 1.78. The number of likely N-dealkylation sites (tertiary alicyclic amines) is 1. The van der Waals surface area contributed by atoms with Gasteiger partial charge in [-0.15, -0.1) is 0 Å². The van der Waals surface area contributed by atoms with E-state index in [-0.39, 0.29) is 12.5 Å². The molecule has 9 heavy (non-hydrogen) atoms. The van der Waals surface area contributed by atoms with Gasteiger partial charge >= 0.3 is 0 Å². The Labute approximate surface area is 54.3 Å². The third kappa shape index (κ3) is 1.40. The molecule has 0 saturated carbocycles. The van der Waals surface area contributed by atoms with Crippen molar-refractivity contribution in [2.45, 2.75) is 6.17 Å². The lowest BCUT2D eigenvalue weighted by Gasteiger charge is -2.05. The minimum Gasteiger partial charge on any atom is -0.396 e. The first-order valence-corrected chi connectivity index (χ1v) is 3.17. The Morgan fingerprint density at radius 1 is 1.67 bits per heavy atom. The van der Waals surface area contributed by atoms with E-state index in [4.69, 9.17) is 5.11 Å². The molecule has 2 atom stereocenters. The molecule has 1 rings (SSSR count). The van der Waals surface area contributed by atoms with Gasteiger partial charge in [-0.25, -0.2) is 4.39 Å². The Bertz CT molecular complexity index is 99.1. The van der Waals surface area contributed by atoms with Crippen molar-refractivity contribution in [2.75, 3.05) is 26.7 Å². The van der Waals surface area contributed by atoms with Gasteiger partial charge in [0.15, 0.2) is 0 Å². The van der Waals surface area contributed by atoms with Crippen molar-refractivity contribution in [3.8, 4) is 0 Å². The molecule has 0 spiro atoms. The fourth-order valence-corrected chi connectivity index (χ4v) is 1.21. The zero-order valence-corrected chi connectivity index (χ0v) is 5.55. The van der Waals surface area contributed by atoms with E-state index >= 15 is 0 Å². The third-order valence-electron chi connectivity index (χ3n) is 1.78. The van der Waals surface area contributed by atoms with Crippen molar-refractivity contribution in [1.29, 1.82) is 0 Å². The quantitative estimate of drug-likeness (QED) is 0.539. The zero-order valence-electron chi connectivity index (χ0n) is 5.55. The first-order valence-electron chi connectivity index (χ1n) is 3.17. The fraction of sp³-hybridized carbons (Fsp3) is 1.00. The molecule has 3 heteroatoms. The van der Waals surface area contributed by atoms with Gasteiger partial charge in [0.25, 0.3) is 0 Å². The van der Waals surface area contributed by atoms with Crippen LogP contribution in [0.5, 0.6) is 0 Å². The number of aliphatic hydroxyl groups is 1. The van der Waals surface area contributed by atoms with Gasteiger partial charge in [-0.1, -0.05) is 0 Å². The van der Waals surface area contributed by atoms with Crippen LogP contribution in [0.15, 0.2) is 0 Å². The van der Waals surface area contributed by atoms with E-state index in [0.29, 0.717) is 13.1 Å². The molecule has 0 aliphatic carbocycles. The number of aliphatic hydroxyl groups excluding tert-OH is 1. The van der Waals surface area contributed by atoms with Crippen LogP contribution in [-0.2, 0) is 0 Å². The van der Waals surface area contributed by atoms with E-state index in [9.17, 15) is 4.39 Å². The van der Waals surface area contributed by atoms with Crippen LogP contribution in [0.4, 0.5) is 4.39 Å². The standard InChI is InChI=1S/C6H12FNO/c1-8-2-5(4-9)6(7)3-8/h5-6,9H,2-4H2,1H3/t5-,6-/m1/s1. The highest BCUT2D eigenvalue weighted by Crippen LogP contribution is 2.17. The molecular weight excluding hydrogens is 121 g/mol. The Morgan fingerprint density at radius 3 is 2.56 bits per heavy atom. The molecule has 1 heterocycles. The molecule has 0 unspecified atom stereocenters. The van der Waals surface area contributed by atoms with Gasteiger partial charge < -0.3 is 10.0 Å². The lowest BCUT2D eigenvalue weighted by molar-refractivity contribution is 0.174. The summed E-state index contributed by atoms with van der Waals surface area (Å²) in [4.78, 5) is 1.89. The second-order valence-electron chi connectivity index (χ2n) is 2.68. The summed E-state index contributed by atoms with van der Waals surface area (Å²) in [6, 6.07) is 0. The lowest BCUT2D eigenvalue weighted by atomic mass is 10.1. The lowest BCUT2D eigenvalue weighted by Crippen LogP contribution is -2.16. The van der Waals surface area contributed by atoms with Crippen molar-refractivity contribution in [1.82, 2.24) is 4.90 Å². The summed E-state index contributed by atoms with van der Waals surface area (Å²) in [7, 11) is 1.86. The van der Waals surface area contributed by atoms with Crippen molar-refractivity contribution in [3.05, 3.63) is 0 Å². The first kappa shape index (κ1) is 6.96. The average molecular weight is 133 g/mol. The fourth-order valence-electron chi connectivity index (χ4n) is 1.21. The monoisotopic (exact) mass is 133 g/mol. The number of nitrogens with zero attached hydrogens (tertiary/aromatic N) is 1. The number of hydrogen-bond donors (Lipinski definition) is 1. The molecule has 0 amide bonds. The number of halogens is 1. The Morgan fingerprint density at radius 2 is 2.33 bits per heavy atom. The van der Waals surface area contributed by atoms with Gasteiger partial charge in [0, 0.05) is 25.6 Å². The summed E-state index contributed by atoms with van der Waals surface area (Å²) in [6.07, 6.45) is -0.819. The smallest absolute Gasteiger partial charge is 0.119 e. The van der Waals surface area contributed by atoms with Crippen LogP contribution in [0.25, 0.3) is 0 Å². The summed E-state index contributed by atoms with van der Waals surface area (Å²) < 4.78 is 12.6. The molecular formula is C6H12FNO. The topological polar surface area (TPSA) is 23.5 Å². The maximum Gasteiger partial charge on any atom is 0.119 e. The van der Waals surface area contributed by atoms with Gasteiger partial charge in [-0.05, 0) is 7.05 Å². The van der Waals surface area contributed by atoms with E-state index in [1.54, 1.807) is 0 Å². The molecule has 1 aliphatic rings. The van der Waals surface area contributed by atoms with E-state index in [1.165, 1.54) is 0 Å². The zero-order chi connectivity index (χ0) is 6.85. The second-order valence-corrected chi connectivity index (χ2v) is 2.68. The number of alkyl halides is 1. The summed E-state index contributed by atoms with van der Waals surface area (Å²) in [5, 5.41) is 8.59. The minimum absolute atomic E-state index is 0.0223. The number of hydrogen-bond acceptors (Lipinski definition) is 2. The molecule has 0 bridgehead atoms. The minimum atomic E-state index is -0.819. The Balaban J connectivity index is 2.38. The largest absolute Gasteiger partial charge is 0.396 e. The summed E-state index contributed by atoms with van der Waals surface area (Å²) in [5.41, 5.74) is 0. The molecule has 1 saturated heterocycles.